The van der Waals surface area contributed by atoms with Crippen LogP contribution in [0.2, 0.25) is 0 Å². The molecule has 25 heavy (non-hydrogen) atoms. The number of esters is 1. The van der Waals surface area contributed by atoms with Gasteiger partial charge in [-0.2, -0.15) is 0 Å². The Kier molecular flexibility index (Phi) is 5.32. The summed E-state index contributed by atoms with van der Waals surface area (Å²) in [6.45, 7) is 0.244. The Morgan fingerprint density at radius 1 is 0.920 bits per heavy atom. The third-order valence-corrected chi connectivity index (χ3v) is 3.55. The van der Waals surface area contributed by atoms with E-state index in [9.17, 15) is 9.18 Å². The molecule has 0 atom stereocenters. The molecule has 0 bridgehead atoms. The quantitative estimate of drug-likeness (QED) is 0.490. The van der Waals surface area contributed by atoms with Crippen molar-refractivity contribution in [2.45, 2.75) is 6.61 Å². The van der Waals surface area contributed by atoms with E-state index in [-0.39, 0.29) is 18.4 Å². The van der Waals surface area contributed by atoms with Gasteiger partial charge in [-0.05, 0) is 47.5 Å². The maximum atomic E-state index is 12.8. The maximum Gasteiger partial charge on any atom is 0.338 e. The van der Waals surface area contributed by atoms with E-state index >= 15 is 0 Å². The van der Waals surface area contributed by atoms with Crippen LogP contribution in [0.1, 0.15) is 21.5 Å². The Bertz CT molecular complexity index is 857. The van der Waals surface area contributed by atoms with Crippen molar-refractivity contribution < 1.29 is 13.9 Å². The minimum Gasteiger partial charge on any atom is -0.457 e. The van der Waals surface area contributed by atoms with Gasteiger partial charge in [0, 0.05) is 6.21 Å². The van der Waals surface area contributed by atoms with Crippen LogP contribution in [0.25, 0.3) is 0 Å². The molecule has 0 radical (unpaired) electrons. The van der Waals surface area contributed by atoms with Gasteiger partial charge in [-0.3, -0.25) is 4.99 Å². The normalized spacial score (nSPS) is 10.8. The molecule has 0 heterocycles. The Morgan fingerprint density at radius 3 is 2.28 bits per heavy atom. The second kappa shape index (κ2) is 8.02. The number of halogens is 1. The summed E-state index contributed by atoms with van der Waals surface area (Å²) in [6, 6.07) is 22.4. The standard InChI is InChI=1S/C21H16FNO2/c22-19-10-12-20(13-11-19)23-14-16-6-8-18(9-7-16)21(24)25-15-17-4-2-1-3-5-17/h1-14H,15H2/b23-14+. The van der Waals surface area contributed by atoms with Gasteiger partial charge in [0.15, 0.2) is 0 Å². The fraction of sp³-hybridized carbons (Fsp3) is 0.0476. The summed E-state index contributed by atoms with van der Waals surface area (Å²) in [4.78, 5) is 16.3. The van der Waals surface area contributed by atoms with Crippen molar-refractivity contribution in [3.8, 4) is 0 Å². The number of aliphatic imine (C=N–C) groups is 1. The van der Waals surface area contributed by atoms with E-state index in [0.29, 0.717) is 11.3 Å². The van der Waals surface area contributed by atoms with Crippen molar-refractivity contribution in [3.05, 3.63) is 101 Å². The van der Waals surface area contributed by atoms with Gasteiger partial charge in [0.1, 0.15) is 12.4 Å². The number of hydrogen-bond donors (Lipinski definition) is 0. The molecule has 0 aliphatic heterocycles. The van der Waals surface area contributed by atoms with Crippen LogP contribution in [0.3, 0.4) is 0 Å². The molecule has 0 saturated heterocycles. The first-order chi connectivity index (χ1) is 12.2. The molecule has 0 aromatic heterocycles. The molecule has 0 aliphatic carbocycles. The monoisotopic (exact) mass is 333 g/mol. The topological polar surface area (TPSA) is 38.7 Å². The third kappa shape index (κ3) is 4.85. The van der Waals surface area contributed by atoms with Crippen LogP contribution >= 0.6 is 0 Å². The second-order valence-electron chi connectivity index (χ2n) is 5.42. The van der Waals surface area contributed by atoms with Crippen LogP contribution in [-0.2, 0) is 11.3 Å². The third-order valence-electron chi connectivity index (χ3n) is 3.55. The molecule has 0 amide bonds. The highest BCUT2D eigenvalue weighted by atomic mass is 19.1. The SMILES string of the molecule is O=C(OCc1ccccc1)c1ccc(/C=N/c2ccc(F)cc2)cc1. The van der Waals surface area contributed by atoms with Gasteiger partial charge in [0.25, 0.3) is 0 Å². The number of hydrogen-bond acceptors (Lipinski definition) is 3. The van der Waals surface area contributed by atoms with E-state index in [0.717, 1.165) is 11.1 Å². The summed E-state index contributed by atoms with van der Waals surface area (Å²) in [5, 5.41) is 0. The van der Waals surface area contributed by atoms with Gasteiger partial charge >= 0.3 is 5.97 Å². The number of carbonyl (C=O) groups excluding carboxylic acids is 1. The second-order valence-corrected chi connectivity index (χ2v) is 5.42. The van der Waals surface area contributed by atoms with Crippen LogP contribution < -0.4 is 0 Å². The fourth-order valence-electron chi connectivity index (χ4n) is 2.19. The smallest absolute Gasteiger partial charge is 0.338 e. The van der Waals surface area contributed by atoms with Gasteiger partial charge in [-0.15, -0.1) is 0 Å². The minimum absolute atomic E-state index is 0.244. The Balaban J connectivity index is 1.59. The maximum absolute atomic E-state index is 12.8. The molecule has 0 fully saturated rings. The highest BCUT2D eigenvalue weighted by molar-refractivity contribution is 5.91. The predicted octanol–water partition coefficient (Wildman–Crippen LogP) is 4.93. The van der Waals surface area contributed by atoms with Gasteiger partial charge in [0.2, 0.25) is 0 Å². The molecule has 0 N–H and O–H groups in total. The number of nitrogens with zero attached hydrogens (tertiary/aromatic N) is 1. The zero-order valence-corrected chi connectivity index (χ0v) is 13.4. The molecule has 3 aromatic rings. The van der Waals surface area contributed by atoms with Crippen LogP contribution in [0, 0.1) is 5.82 Å². The van der Waals surface area contributed by atoms with Gasteiger partial charge in [0.05, 0.1) is 11.3 Å². The van der Waals surface area contributed by atoms with Crippen LogP contribution in [0.15, 0.2) is 83.9 Å². The lowest BCUT2D eigenvalue weighted by molar-refractivity contribution is 0.0472. The molecule has 3 nitrogen and oxygen atoms in total. The molecular weight excluding hydrogens is 317 g/mol. The van der Waals surface area contributed by atoms with Gasteiger partial charge in [-0.1, -0.05) is 42.5 Å². The van der Waals surface area contributed by atoms with E-state index in [1.165, 1.54) is 12.1 Å². The molecule has 0 unspecified atom stereocenters. The van der Waals surface area contributed by atoms with Crippen molar-refractivity contribution in [1.29, 1.82) is 0 Å². The zero-order valence-electron chi connectivity index (χ0n) is 13.4. The van der Waals surface area contributed by atoms with E-state index < -0.39 is 0 Å². The molecule has 3 aromatic carbocycles. The van der Waals surface area contributed by atoms with E-state index in [4.69, 9.17) is 4.74 Å². The highest BCUT2D eigenvalue weighted by Crippen LogP contribution is 2.13. The van der Waals surface area contributed by atoms with Crippen molar-refractivity contribution >= 4 is 17.9 Å². The number of benzene rings is 3. The first kappa shape index (κ1) is 16.6. The minimum atomic E-state index is -0.370. The first-order valence-electron chi connectivity index (χ1n) is 7.81. The average molecular weight is 333 g/mol. The molecule has 0 spiro atoms. The number of rotatable bonds is 5. The lowest BCUT2D eigenvalue weighted by atomic mass is 10.1. The van der Waals surface area contributed by atoms with Crippen molar-refractivity contribution in [3.63, 3.8) is 0 Å². The largest absolute Gasteiger partial charge is 0.457 e. The number of ether oxygens (including phenoxy) is 1. The predicted molar refractivity (Wildman–Crippen MR) is 95.7 cm³/mol. The Labute approximate surface area is 145 Å². The number of carbonyl (C=O) groups is 1. The van der Waals surface area contributed by atoms with E-state index in [2.05, 4.69) is 4.99 Å². The lowest BCUT2D eigenvalue weighted by Gasteiger charge is -2.05. The Hall–Kier alpha value is -3.27. The first-order valence-corrected chi connectivity index (χ1v) is 7.81. The summed E-state index contributed by atoms with van der Waals surface area (Å²) in [6.07, 6.45) is 1.66. The fourth-order valence-corrected chi connectivity index (χ4v) is 2.19. The van der Waals surface area contributed by atoms with Gasteiger partial charge < -0.3 is 4.74 Å². The molecule has 3 rings (SSSR count). The van der Waals surface area contributed by atoms with E-state index in [1.54, 1.807) is 42.6 Å². The molecular formula is C21H16FNO2. The molecule has 0 aliphatic rings. The van der Waals surface area contributed by atoms with Crippen molar-refractivity contribution in [2.75, 3.05) is 0 Å². The Morgan fingerprint density at radius 2 is 1.60 bits per heavy atom. The molecule has 124 valence electrons. The van der Waals surface area contributed by atoms with Crippen LogP contribution in [0.4, 0.5) is 10.1 Å². The molecule has 0 saturated carbocycles. The summed E-state index contributed by atoms with van der Waals surface area (Å²) < 4.78 is 18.1. The summed E-state index contributed by atoms with van der Waals surface area (Å²) in [5.74, 6) is -0.664. The highest BCUT2D eigenvalue weighted by Gasteiger charge is 2.06. The van der Waals surface area contributed by atoms with Crippen LogP contribution in [-0.4, -0.2) is 12.2 Å². The van der Waals surface area contributed by atoms with E-state index in [1.807, 2.05) is 30.3 Å². The summed E-state index contributed by atoms with van der Waals surface area (Å²) in [5.41, 5.74) is 2.92. The van der Waals surface area contributed by atoms with Crippen molar-refractivity contribution in [1.82, 2.24) is 0 Å². The van der Waals surface area contributed by atoms with Gasteiger partial charge in [-0.25, -0.2) is 9.18 Å². The van der Waals surface area contributed by atoms with Crippen LogP contribution in [0.5, 0.6) is 0 Å². The summed E-state index contributed by atoms with van der Waals surface area (Å²) in [7, 11) is 0. The lowest BCUT2D eigenvalue weighted by Crippen LogP contribution is -2.05. The van der Waals surface area contributed by atoms with Crippen molar-refractivity contribution in [2.24, 2.45) is 4.99 Å². The average Bonchev–Trinajstić information content (AvgIpc) is 2.67. The summed E-state index contributed by atoms with van der Waals surface area (Å²) >= 11 is 0. The molecule has 4 heteroatoms. The zero-order chi connectivity index (χ0) is 17.5.